The van der Waals surface area contributed by atoms with Crippen LogP contribution in [0.25, 0.3) is 0 Å². The van der Waals surface area contributed by atoms with Gasteiger partial charge in [0.1, 0.15) is 0 Å². The fourth-order valence-corrected chi connectivity index (χ4v) is 6.17. The van der Waals surface area contributed by atoms with Gasteiger partial charge >= 0.3 is 23.1 Å². The largest absolute Gasteiger partial charge is 2.00 e. The van der Waals surface area contributed by atoms with Crippen LogP contribution in [-0.4, -0.2) is 55.7 Å². The van der Waals surface area contributed by atoms with Gasteiger partial charge in [-0.3, -0.25) is 9.59 Å². The second-order valence-electron chi connectivity index (χ2n) is 8.52. The predicted octanol–water partition coefficient (Wildman–Crippen LogP) is 1.65. The number of hydrogen-bond donors (Lipinski definition) is 0. The van der Waals surface area contributed by atoms with Crippen LogP contribution in [0.15, 0.2) is 59.3 Å². The van der Waals surface area contributed by atoms with E-state index in [2.05, 4.69) is 0 Å². The molecule has 8 nitrogen and oxygen atoms in total. The summed E-state index contributed by atoms with van der Waals surface area (Å²) in [6.45, 7) is 1.13. The molecule has 6 rings (SSSR count). The summed E-state index contributed by atoms with van der Waals surface area (Å²) in [5.41, 5.74) is 2.48. The molecule has 0 saturated heterocycles. The molecule has 184 valence electrons. The molecule has 4 aromatic rings. The molecule has 0 fully saturated rings. The van der Waals surface area contributed by atoms with Crippen LogP contribution in [0.2, 0.25) is 0 Å². The molecule has 37 heavy (non-hydrogen) atoms. The molecule has 6 heterocycles. The second-order valence-corrected chi connectivity index (χ2v) is 10.4. The number of carbonyl (C=O) groups is 4. The minimum Gasteiger partial charge on any atom is -0.549 e. The van der Waals surface area contributed by atoms with Crippen LogP contribution in [0.1, 0.15) is 66.8 Å². The third kappa shape index (κ3) is 5.08. The number of ketones is 2. The van der Waals surface area contributed by atoms with E-state index in [0.717, 1.165) is 0 Å². The third-order valence-corrected chi connectivity index (χ3v) is 8.29. The maximum atomic E-state index is 12.2. The first-order valence-corrected chi connectivity index (χ1v) is 13.1. The van der Waals surface area contributed by atoms with Crippen LogP contribution in [-0.2, 0) is 22.7 Å². The van der Waals surface area contributed by atoms with Crippen molar-refractivity contribution in [1.82, 2.24) is 9.13 Å². The molecule has 0 radical (unpaired) electrons. The first-order valence-electron chi connectivity index (χ1n) is 11.3. The van der Waals surface area contributed by atoms with Crippen LogP contribution < -0.4 is 10.2 Å². The number of fused-ring (bicyclic) bond motifs is 2. The Morgan fingerprint density at radius 3 is 1.41 bits per heavy atom. The van der Waals surface area contributed by atoms with E-state index in [9.17, 15) is 29.4 Å². The van der Waals surface area contributed by atoms with E-state index in [4.69, 9.17) is 0 Å². The molecule has 0 saturated carbocycles. The van der Waals surface area contributed by atoms with Gasteiger partial charge in [-0.05, 0) is 60.0 Å². The van der Waals surface area contributed by atoms with E-state index in [1.807, 2.05) is 22.9 Å². The van der Waals surface area contributed by atoms with Gasteiger partial charge in [0.15, 0.2) is 0 Å². The summed E-state index contributed by atoms with van der Waals surface area (Å²) in [5.74, 6) is -3.40. The van der Waals surface area contributed by atoms with Gasteiger partial charge in [-0.15, -0.1) is 22.7 Å². The monoisotopic (exact) mass is 544 g/mol. The first kappa shape index (κ1) is 27.1. The molecule has 0 aliphatic carbocycles. The van der Waals surface area contributed by atoms with Gasteiger partial charge in [0.25, 0.3) is 0 Å². The summed E-state index contributed by atoms with van der Waals surface area (Å²) in [6, 6.07) is 14.0. The number of rotatable bonds is 6. The maximum Gasteiger partial charge on any atom is 2.00 e. The molecule has 2 aliphatic rings. The maximum absolute atomic E-state index is 12.2. The number of aromatic nitrogens is 2. The van der Waals surface area contributed by atoms with E-state index in [-0.39, 0.29) is 34.6 Å². The summed E-state index contributed by atoms with van der Waals surface area (Å²) < 4.78 is 3.59. The fraction of sp³-hybridized carbons (Fsp3) is 0.231. The number of thiophene rings is 2. The normalized spacial score (nSPS) is 17.2. The smallest absolute Gasteiger partial charge is 0.549 e. The van der Waals surface area contributed by atoms with Crippen LogP contribution in [0.5, 0.6) is 0 Å². The molecule has 0 amide bonds. The summed E-state index contributed by atoms with van der Waals surface area (Å²) in [6.07, 6.45) is 1.01. The molecule has 4 aromatic heterocycles. The predicted molar refractivity (Wildman–Crippen MR) is 135 cm³/mol. The molecule has 2 atom stereocenters. The van der Waals surface area contributed by atoms with E-state index >= 15 is 0 Å². The van der Waals surface area contributed by atoms with Crippen molar-refractivity contribution in [2.45, 2.75) is 37.8 Å². The zero-order valence-electron chi connectivity index (χ0n) is 19.6. The van der Waals surface area contributed by atoms with Crippen LogP contribution in [0.4, 0.5) is 0 Å². The van der Waals surface area contributed by atoms with Gasteiger partial charge in [0, 0.05) is 36.3 Å². The van der Waals surface area contributed by atoms with Crippen LogP contribution in [0, 0.1) is 0 Å². The number of carboxylic acids is 2. The van der Waals surface area contributed by atoms with Crippen molar-refractivity contribution >= 4 is 69.2 Å². The number of carboxylic acid groups (broad SMARTS) is 2. The summed E-state index contributed by atoms with van der Waals surface area (Å²) >= 11 is 2.78. The number of hydrogen-bond acceptors (Lipinski definition) is 8. The van der Waals surface area contributed by atoms with Crippen molar-refractivity contribution in [3.63, 3.8) is 0 Å². The molecular weight excluding hydrogens is 525 g/mol. The quantitative estimate of drug-likeness (QED) is 0.268. The molecule has 2 unspecified atom stereocenters. The topological polar surface area (TPSA) is 124 Å². The SMILES string of the molecule is O=C(c1cccs1)c1ccc2n1CCC2C(=O)[O-].O=C(c1cccs1)c1ccc2n1CCC2C(=O)[O-].[Mg+2]. The average Bonchev–Trinajstić information content (AvgIpc) is 3.69. The Balaban J connectivity index is 0.000000168. The van der Waals surface area contributed by atoms with Crippen molar-refractivity contribution in [2.24, 2.45) is 0 Å². The Morgan fingerprint density at radius 2 is 1.08 bits per heavy atom. The van der Waals surface area contributed by atoms with Crippen molar-refractivity contribution in [2.75, 3.05) is 0 Å². The van der Waals surface area contributed by atoms with E-state index in [1.165, 1.54) is 22.7 Å². The van der Waals surface area contributed by atoms with Gasteiger partial charge in [-0.1, -0.05) is 12.1 Å². The van der Waals surface area contributed by atoms with Crippen molar-refractivity contribution in [1.29, 1.82) is 0 Å². The van der Waals surface area contributed by atoms with E-state index < -0.39 is 23.8 Å². The van der Waals surface area contributed by atoms with Gasteiger partial charge in [0.2, 0.25) is 11.6 Å². The standard InChI is InChI=1S/2C13H11NO3S.Mg/c2*15-12(11-2-1-7-18-11)10-4-3-9-8(13(16)17)5-6-14(9)10;/h2*1-4,7-8H,5-6H2,(H,16,17);/q;;+2/p-2. The second kappa shape index (κ2) is 11.2. The summed E-state index contributed by atoms with van der Waals surface area (Å²) in [5, 5.41) is 25.6. The van der Waals surface area contributed by atoms with Gasteiger partial charge in [0.05, 0.1) is 33.1 Å². The number of carbonyl (C=O) groups excluding carboxylic acids is 4. The van der Waals surface area contributed by atoms with Crippen LogP contribution >= 0.6 is 22.7 Å². The number of aliphatic carboxylic acids is 2. The van der Waals surface area contributed by atoms with Crippen LogP contribution in [0.3, 0.4) is 0 Å². The molecule has 2 aliphatic heterocycles. The molecule has 0 spiro atoms. The van der Waals surface area contributed by atoms with Crippen molar-refractivity contribution in [3.8, 4) is 0 Å². The van der Waals surface area contributed by atoms with Crippen molar-refractivity contribution in [3.05, 3.63) is 91.8 Å². The van der Waals surface area contributed by atoms with E-state index in [0.29, 0.717) is 58.5 Å². The molecule has 0 N–H and O–H groups in total. The Hall–Kier alpha value is -2.99. The minimum absolute atomic E-state index is 0. The Kier molecular flexibility index (Phi) is 8.17. The summed E-state index contributed by atoms with van der Waals surface area (Å²) in [4.78, 5) is 47.7. The minimum atomic E-state index is -1.07. The van der Waals surface area contributed by atoms with E-state index in [1.54, 1.807) is 45.5 Å². The van der Waals surface area contributed by atoms with Crippen molar-refractivity contribution < 1.29 is 29.4 Å². The molecular formula is C26H20MgN2O6S2. The molecule has 0 aromatic carbocycles. The summed E-state index contributed by atoms with van der Waals surface area (Å²) in [7, 11) is 0. The Morgan fingerprint density at radius 1 is 0.676 bits per heavy atom. The zero-order valence-corrected chi connectivity index (χ0v) is 22.7. The van der Waals surface area contributed by atoms with Gasteiger partial charge in [-0.2, -0.15) is 0 Å². The zero-order chi connectivity index (χ0) is 25.4. The number of nitrogens with zero attached hydrogens (tertiary/aromatic N) is 2. The Bertz CT molecular complexity index is 1340. The van der Waals surface area contributed by atoms with Gasteiger partial charge < -0.3 is 28.9 Å². The molecule has 0 bridgehead atoms. The Labute approximate surface area is 236 Å². The third-order valence-electron chi connectivity index (χ3n) is 6.55. The first-order chi connectivity index (χ1) is 17.4. The average molecular weight is 545 g/mol. The fourth-order valence-electron chi connectivity index (χ4n) is 4.83. The van der Waals surface area contributed by atoms with Gasteiger partial charge in [-0.25, -0.2) is 0 Å². The molecule has 11 heteroatoms.